The van der Waals surface area contributed by atoms with E-state index in [1.807, 2.05) is 0 Å². The molecular weight excluding hydrogens is 178 g/mol. The zero-order valence-corrected chi connectivity index (χ0v) is 1.92. The molecule has 3 N–H and O–H groups in total. The van der Waals surface area contributed by atoms with Crippen LogP contribution in [0.25, 0.3) is 0 Å². The van der Waals surface area contributed by atoms with Crippen LogP contribution in [0.5, 0.6) is 0 Å². The fraction of sp³-hybridized carbons (Fsp3) is 0. The summed E-state index contributed by atoms with van der Waals surface area (Å²) in [5.74, 6) is 0. The Morgan fingerprint density at radius 2 is 1.00 bits per heavy atom. The first-order chi connectivity index (χ1) is 1.73. The average molecular weight is 192 g/mol. The van der Waals surface area contributed by atoms with Crippen LogP contribution in [0.1, 0.15) is 0 Å². The van der Waals surface area contributed by atoms with E-state index in [1.54, 1.807) is 0 Å². The zero-order chi connectivity index (χ0) is 3.58. The first-order valence-corrected chi connectivity index (χ1v) is 0.775. The molecule has 0 aromatic carbocycles. The summed E-state index contributed by atoms with van der Waals surface area (Å²) >= 11 is 0. The quantitative estimate of drug-likeness (QED) is 0.335. The van der Waals surface area contributed by atoms with Gasteiger partial charge in [0.15, 0.2) is 17.4 Å². The van der Waals surface area contributed by atoms with E-state index < -0.39 is 7.32 Å². The molecule has 0 saturated carbocycles. The van der Waals surface area contributed by atoms with E-state index in [0.29, 0.717) is 0 Å². The van der Waals surface area contributed by atoms with Crippen molar-refractivity contribution < 1.29 is 15.1 Å². The van der Waals surface area contributed by atoms with E-state index in [2.05, 4.69) is 0 Å². The van der Waals surface area contributed by atoms with Crippen molar-refractivity contribution in [2.75, 3.05) is 0 Å². The molecule has 46 valence electrons. The van der Waals surface area contributed by atoms with E-state index in [-0.39, 0.29) is 89.1 Å². The van der Waals surface area contributed by atoms with Gasteiger partial charge < -0.3 is 15.1 Å². The maximum atomic E-state index is 7.17. The maximum Gasteiger partial charge on any atom is 0.316 e. The van der Waals surface area contributed by atoms with E-state index in [4.69, 9.17) is 15.1 Å². The molecule has 0 saturated heterocycles. The summed E-state index contributed by atoms with van der Waals surface area (Å²) in [5.41, 5.74) is 0. The van der Waals surface area contributed by atoms with E-state index in [0.717, 1.165) is 0 Å². The predicted molar refractivity (Wildman–Crippen MR) is 50.8 cm³/mol. The monoisotopic (exact) mass is 192 g/mol. The number of rotatable bonds is 0. The van der Waals surface area contributed by atoms with Gasteiger partial charge in [0.2, 0.25) is 0 Å². The van der Waals surface area contributed by atoms with Crippen LogP contribution < -0.4 is 0 Å². The molecule has 0 spiro atoms. The van der Waals surface area contributed by atoms with Gasteiger partial charge in [0, 0.05) is 0 Å². The third-order valence-corrected chi connectivity index (χ3v) is 0. The van der Waals surface area contributed by atoms with Crippen molar-refractivity contribution in [1.82, 2.24) is 0 Å². The fourth-order valence-corrected chi connectivity index (χ4v) is 0. The summed E-state index contributed by atoms with van der Waals surface area (Å²) in [5, 5.41) is 21.5. The van der Waals surface area contributed by atoms with Gasteiger partial charge in [0.1, 0.15) is 0 Å². The van der Waals surface area contributed by atoms with Crippen LogP contribution in [-0.2, 0) is 0 Å². The zero-order valence-electron chi connectivity index (χ0n) is 1.92. The summed E-state index contributed by atoms with van der Waals surface area (Å²) in [6, 6.07) is 0. The van der Waals surface area contributed by atoms with Crippen molar-refractivity contribution in [3.8, 4) is 0 Å². The first kappa shape index (κ1) is 31.0. The molecule has 0 radical (unpaired) electrons. The minimum absolute atomic E-state index is 0. The Bertz CT molecular complexity index is 24.0. The van der Waals surface area contributed by atoms with Crippen LogP contribution in [0.3, 0.4) is 0 Å². The minimum atomic E-state index is -2.17. The molecular formula is H14AlBCaMgO3Si. The van der Waals surface area contributed by atoms with Crippen molar-refractivity contribution >= 4 is 96.4 Å². The van der Waals surface area contributed by atoms with E-state index >= 15 is 0 Å². The van der Waals surface area contributed by atoms with Crippen LogP contribution in [0, 0.1) is 0 Å². The molecule has 0 rings (SSSR count). The fourth-order valence-electron chi connectivity index (χ4n) is 0. The van der Waals surface area contributed by atoms with E-state index in [1.165, 1.54) is 0 Å². The van der Waals surface area contributed by atoms with Gasteiger partial charge in [-0.2, -0.15) is 0 Å². The van der Waals surface area contributed by atoms with Gasteiger partial charge in [-0.3, -0.25) is 0 Å². The Hall–Kier alpha value is 2.72. The van der Waals surface area contributed by atoms with Crippen LogP contribution in [-0.4, -0.2) is 112 Å². The summed E-state index contributed by atoms with van der Waals surface area (Å²) in [4.78, 5) is 0. The largest absolute Gasteiger partial charge is 0.316 e. The maximum absolute atomic E-state index is 7.17. The molecule has 0 bridgehead atoms. The van der Waals surface area contributed by atoms with Gasteiger partial charge in [-0.15, -0.1) is 0 Å². The van der Waals surface area contributed by atoms with Gasteiger partial charge in [-0.05, 0) is 11.0 Å². The standard InChI is InChI=1S/Al.BH3O3.Ca.Mg.H4Si.7H/c;2-1(3)4;;;;;;;;;;/h;2-4H;;;1H4;;;;;;;. The van der Waals surface area contributed by atoms with Crippen molar-refractivity contribution in [3.05, 3.63) is 0 Å². The van der Waals surface area contributed by atoms with Gasteiger partial charge in [-0.25, -0.2) is 0 Å². The van der Waals surface area contributed by atoms with Crippen molar-refractivity contribution in [2.45, 2.75) is 0 Å². The molecule has 0 aliphatic carbocycles. The summed E-state index contributed by atoms with van der Waals surface area (Å²) < 4.78 is 0. The number of hydrogen-bond donors (Lipinski definition) is 3. The number of hydrogen-bond acceptors (Lipinski definition) is 3. The molecule has 0 aromatic rings. The first-order valence-electron chi connectivity index (χ1n) is 0.775. The normalized spacial score (nSPS) is 3.38. The third kappa shape index (κ3) is 70.2. The minimum Gasteiger partial charge on any atom is -0.0149 e. The van der Waals surface area contributed by atoms with Crippen LogP contribution in [0.2, 0.25) is 0 Å². The van der Waals surface area contributed by atoms with Gasteiger partial charge in [0.25, 0.3) is 0 Å². The average Bonchev–Trinajstić information content (AvgIpc) is 0.811. The summed E-state index contributed by atoms with van der Waals surface area (Å²) in [6.07, 6.45) is 0. The molecule has 3 nitrogen and oxygen atoms in total. The Morgan fingerprint density at radius 3 is 1.00 bits per heavy atom. The smallest absolute Gasteiger partial charge is 0.0149 e. The van der Waals surface area contributed by atoms with Gasteiger partial charge >= 0.3 is 68.1 Å². The Labute approximate surface area is 110 Å². The van der Waals surface area contributed by atoms with Gasteiger partial charge in [0.05, 0.1) is 0 Å². The topological polar surface area (TPSA) is 60.7 Å². The molecule has 0 unspecified atom stereocenters. The summed E-state index contributed by atoms with van der Waals surface area (Å²) in [7, 11) is -2.17. The van der Waals surface area contributed by atoms with Crippen molar-refractivity contribution in [2.24, 2.45) is 0 Å². The van der Waals surface area contributed by atoms with Gasteiger partial charge in [-0.1, -0.05) is 0 Å². The second-order valence-electron chi connectivity index (χ2n) is 0.346. The molecule has 0 heterocycles. The Kier molecular flexibility index (Phi) is 87.4. The molecule has 0 aliphatic rings. The second kappa shape index (κ2) is 22.6. The molecule has 0 fully saturated rings. The molecule has 0 aromatic heterocycles. The van der Waals surface area contributed by atoms with Crippen molar-refractivity contribution in [1.29, 1.82) is 0 Å². The Balaban J connectivity index is -0.00000000750. The summed E-state index contributed by atoms with van der Waals surface area (Å²) in [6.45, 7) is 0. The molecule has 8 heteroatoms. The van der Waals surface area contributed by atoms with Crippen LogP contribution in [0.15, 0.2) is 0 Å². The van der Waals surface area contributed by atoms with Crippen LogP contribution >= 0.6 is 0 Å². The molecule has 8 heavy (non-hydrogen) atoms. The van der Waals surface area contributed by atoms with Crippen LogP contribution in [0.4, 0.5) is 0 Å². The SMILES string of the molecule is OB(O)O.[AlH3].[CaH2].[MgH2].[SiH4]. The third-order valence-electron chi connectivity index (χ3n) is 0. The molecule has 0 amide bonds. The van der Waals surface area contributed by atoms with Crippen molar-refractivity contribution in [3.63, 3.8) is 0 Å². The predicted octanol–water partition coefficient (Wildman–Crippen LogP) is -6.52. The van der Waals surface area contributed by atoms with E-state index in [9.17, 15) is 0 Å². The molecule has 0 atom stereocenters. The molecule has 0 aliphatic heterocycles. The second-order valence-corrected chi connectivity index (χ2v) is 0.346. The Morgan fingerprint density at radius 1 is 1.00 bits per heavy atom.